The molecule has 1 amide bonds. The van der Waals surface area contributed by atoms with Crippen LogP contribution in [0.1, 0.15) is 17.5 Å². The molecule has 0 aromatic heterocycles. The normalized spacial score (nSPS) is 11.3. The zero-order valence-corrected chi connectivity index (χ0v) is 16.2. The molecule has 0 fully saturated rings. The molecule has 0 aliphatic carbocycles. The van der Waals surface area contributed by atoms with Crippen molar-refractivity contribution in [3.63, 3.8) is 0 Å². The van der Waals surface area contributed by atoms with Crippen LogP contribution in [0.5, 0.6) is 5.75 Å². The topological polar surface area (TPSA) is 64.4 Å². The molecule has 1 atom stereocenters. The number of nitrogens with one attached hydrogen (secondary N) is 1. The minimum Gasteiger partial charge on any atom is -0.489 e. The summed E-state index contributed by atoms with van der Waals surface area (Å²) in [4.78, 5) is 12.1. The van der Waals surface area contributed by atoms with Gasteiger partial charge in [0.05, 0.1) is 6.04 Å². The van der Waals surface area contributed by atoms with E-state index in [1.165, 1.54) is 5.56 Å². The number of hydrogen-bond donors (Lipinski definition) is 2. The van der Waals surface area contributed by atoms with Crippen molar-refractivity contribution in [1.82, 2.24) is 0 Å². The van der Waals surface area contributed by atoms with Gasteiger partial charge in [0, 0.05) is 11.8 Å². The average molecular weight is 381 g/mol. The van der Waals surface area contributed by atoms with Gasteiger partial charge in [0.25, 0.3) is 0 Å². The van der Waals surface area contributed by atoms with Crippen LogP contribution >= 0.6 is 24.2 Å². The molecule has 6 heteroatoms. The lowest BCUT2D eigenvalue weighted by atomic mass is 10.1. The third-order valence-electron chi connectivity index (χ3n) is 3.73. The summed E-state index contributed by atoms with van der Waals surface area (Å²) in [5.74, 6) is 1.42. The molecule has 0 radical (unpaired) electrons. The first-order chi connectivity index (χ1) is 11.6. The fraction of sp³-hybridized carbons (Fsp3) is 0.316. The summed E-state index contributed by atoms with van der Waals surface area (Å²) in [6.45, 7) is 2.56. The standard InChI is InChI=1S/C19H24N2O2S.ClH/c1-14-6-3-4-7-15(14)13-23-17-9-5-8-16(12-17)21-19(22)18(20)10-11-24-2;/h3-9,12,18H,10-11,13,20H2,1-2H3,(H,21,22);1H/t18-;/m0./s1. The van der Waals surface area contributed by atoms with Crippen molar-refractivity contribution < 1.29 is 9.53 Å². The number of halogens is 1. The summed E-state index contributed by atoms with van der Waals surface area (Å²) in [6, 6.07) is 15.0. The molecule has 0 saturated heterocycles. The molecule has 0 aliphatic rings. The van der Waals surface area contributed by atoms with E-state index in [1.54, 1.807) is 11.8 Å². The van der Waals surface area contributed by atoms with E-state index in [0.29, 0.717) is 24.5 Å². The van der Waals surface area contributed by atoms with Crippen molar-refractivity contribution in [2.24, 2.45) is 5.73 Å². The highest BCUT2D eigenvalue weighted by Crippen LogP contribution is 2.19. The Bertz CT molecular complexity index is 682. The van der Waals surface area contributed by atoms with Gasteiger partial charge < -0.3 is 15.8 Å². The fourth-order valence-corrected chi connectivity index (χ4v) is 2.70. The van der Waals surface area contributed by atoms with Gasteiger partial charge in [-0.3, -0.25) is 4.79 Å². The SMILES string of the molecule is CSCC[C@H](N)C(=O)Nc1cccc(OCc2ccccc2C)c1.Cl. The maximum absolute atomic E-state index is 12.1. The van der Waals surface area contributed by atoms with E-state index in [9.17, 15) is 4.79 Å². The second-order valence-electron chi connectivity index (χ2n) is 5.62. The minimum atomic E-state index is -0.492. The monoisotopic (exact) mass is 380 g/mol. The Kier molecular flexibility index (Phi) is 9.42. The van der Waals surface area contributed by atoms with E-state index in [4.69, 9.17) is 10.5 Å². The highest BCUT2D eigenvalue weighted by Gasteiger charge is 2.13. The highest BCUT2D eigenvalue weighted by molar-refractivity contribution is 7.98. The predicted molar refractivity (Wildman–Crippen MR) is 109 cm³/mol. The van der Waals surface area contributed by atoms with E-state index in [2.05, 4.69) is 18.3 Å². The number of benzene rings is 2. The van der Waals surface area contributed by atoms with E-state index >= 15 is 0 Å². The van der Waals surface area contributed by atoms with Crippen molar-refractivity contribution in [3.8, 4) is 5.75 Å². The largest absolute Gasteiger partial charge is 0.489 e. The quantitative estimate of drug-likeness (QED) is 0.726. The van der Waals surface area contributed by atoms with Gasteiger partial charge >= 0.3 is 0 Å². The molecule has 4 nitrogen and oxygen atoms in total. The molecule has 2 aromatic carbocycles. The molecule has 0 saturated carbocycles. The van der Waals surface area contributed by atoms with Crippen molar-refractivity contribution in [2.75, 3.05) is 17.3 Å². The summed E-state index contributed by atoms with van der Waals surface area (Å²) in [6.07, 6.45) is 2.66. The smallest absolute Gasteiger partial charge is 0.241 e. The van der Waals surface area contributed by atoms with Crippen LogP contribution in [-0.4, -0.2) is 24.0 Å². The highest BCUT2D eigenvalue weighted by atomic mass is 35.5. The Balaban J connectivity index is 0.00000312. The molecule has 2 aromatic rings. The van der Waals surface area contributed by atoms with Gasteiger partial charge in [-0.1, -0.05) is 30.3 Å². The van der Waals surface area contributed by atoms with Crippen LogP contribution in [-0.2, 0) is 11.4 Å². The van der Waals surface area contributed by atoms with Gasteiger partial charge in [0.2, 0.25) is 5.91 Å². The third-order valence-corrected chi connectivity index (χ3v) is 4.37. The van der Waals surface area contributed by atoms with E-state index < -0.39 is 6.04 Å². The lowest BCUT2D eigenvalue weighted by molar-refractivity contribution is -0.117. The zero-order valence-electron chi connectivity index (χ0n) is 14.5. The first-order valence-electron chi connectivity index (χ1n) is 7.93. The minimum absolute atomic E-state index is 0. The first-order valence-corrected chi connectivity index (χ1v) is 9.32. The Morgan fingerprint density at radius 1 is 1.24 bits per heavy atom. The number of aryl methyl sites for hydroxylation is 1. The summed E-state index contributed by atoms with van der Waals surface area (Å²) in [7, 11) is 0. The molecule has 136 valence electrons. The van der Waals surface area contributed by atoms with Crippen LogP contribution in [0, 0.1) is 6.92 Å². The summed E-state index contributed by atoms with van der Waals surface area (Å²) in [5, 5.41) is 2.85. The Labute approximate surface area is 159 Å². The second kappa shape index (κ2) is 11.0. The summed E-state index contributed by atoms with van der Waals surface area (Å²) < 4.78 is 5.83. The van der Waals surface area contributed by atoms with Gasteiger partial charge in [-0.15, -0.1) is 12.4 Å². The maximum Gasteiger partial charge on any atom is 0.241 e. The fourth-order valence-electron chi connectivity index (χ4n) is 2.21. The molecule has 3 N–H and O–H groups in total. The van der Waals surface area contributed by atoms with Crippen LogP contribution < -0.4 is 15.8 Å². The van der Waals surface area contributed by atoms with Crippen LogP contribution in [0.2, 0.25) is 0 Å². The Hall–Kier alpha value is -1.69. The van der Waals surface area contributed by atoms with Crippen molar-refractivity contribution in [3.05, 3.63) is 59.7 Å². The maximum atomic E-state index is 12.1. The predicted octanol–water partition coefficient (Wildman–Crippen LogP) is 4.01. The number of anilines is 1. The number of ether oxygens (including phenoxy) is 1. The summed E-state index contributed by atoms with van der Waals surface area (Å²) in [5.41, 5.74) is 8.92. The van der Waals surface area contributed by atoms with Gasteiger partial charge in [-0.2, -0.15) is 11.8 Å². The number of nitrogens with two attached hydrogens (primary N) is 1. The Morgan fingerprint density at radius 3 is 2.72 bits per heavy atom. The van der Waals surface area contributed by atoms with Gasteiger partial charge in [-0.05, 0) is 48.6 Å². The molecular weight excluding hydrogens is 356 g/mol. The first kappa shape index (κ1) is 21.4. The number of hydrogen-bond acceptors (Lipinski definition) is 4. The van der Waals surface area contributed by atoms with Gasteiger partial charge in [0.15, 0.2) is 0 Å². The van der Waals surface area contributed by atoms with Gasteiger partial charge in [0.1, 0.15) is 12.4 Å². The van der Waals surface area contributed by atoms with E-state index in [1.807, 2.05) is 48.7 Å². The molecular formula is C19H25ClN2O2S. The molecule has 0 aliphatic heterocycles. The van der Waals surface area contributed by atoms with Crippen LogP contribution in [0.15, 0.2) is 48.5 Å². The van der Waals surface area contributed by atoms with E-state index in [0.717, 1.165) is 11.3 Å². The molecule has 0 unspecified atom stereocenters. The lowest BCUT2D eigenvalue weighted by Gasteiger charge is -2.13. The van der Waals surface area contributed by atoms with Gasteiger partial charge in [-0.25, -0.2) is 0 Å². The number of thioether (sulfide) groups is 1. The molecule has 0 spiro atoms. The van der Waals surface area contributed by atoms with E-state index in [-0.39, 0.29) is 18.3 Å². The third kappa shape index (κ3) is 6.98. The van der Waals surface area contributed by atoms with Crippen LogP contribution in [0.25, 0.3) is 0 Å². The number of carbonyl (C=O) groups excluding carboxylic acids is 1. The molecule has 0 heterocycles. The number of carbonyl (C=O) groups is 1. The zero-order chi connectivity index (χ0) is 17.4. The average Bonchev–Trinajstić information content (AvgIpc) is 2.59. The van der Waals surface area contributed by atoms with Crippen LogP contribution in [0.4, 0.5) is 5.69 Å². The molecule has 0 bridgehead atoms. The number of amides is 1. The lowest BCUT2D eigenvalue weighted by Crippen LogP contribution is -2.36. The second-order valence-corrected chi connectivity index (χ2v) is 6.61. The molecule has 2 rings (SSSR count). The van der Waals surface area contributed by atoms with Crippen molar-refractivity contribution in [1.29, 1.82) is 0 Å². The number of rotatable bonds is 8. The van der Waals surface area contributed by atoms with Crippen LogP contribution in [0.3, 0.4) is 0 Å². The summed E-state index contributed by atoms with van der Waals surface area (Å²) >= 11 is 1.68. The molecule has 25 heavy (non-hydrogen) atoms. The Morgan fingerprint density at radius 2 is 2.00 bits per heavy atom. The van der Waals surface area contributed by atoms with Crippen molar-refractivity contribution >= 4 is 35.8 Å². The van der Waals surface area contributed by atoms with Crippen molar-refractivity contribution in [2.45, 2.75) is 26.0 Å².